The average molecular weight is 324 g/mol. The summed E-state index contributed by atoms with van der Waals surface area (Å²) in [5, 5.41) is 3.57. The Bertz CT molecular complexity index is 738. The summed E-state index contributed by atoms with van der Waals surface area (Å²) in [6.07, 6.45) is 15.6. The van der Waals surface area contributed by atoms with E-state index in [1.807, 2.05) is 0 Å². The molecule has 0 amide bonds. The van der Waals surface area contributed by atoms with Gasteiger partial charge >= 0.3 is 0 Å². The Morgan fingerprint density at radius 2 is 1.33 bits per heavy atom. The van der Waals surface area contributed by atoms with Crippen molar-refractivity contribution in [3.8, 4) is 0 Å². The molecule has 5 heterocycles. The lowest BCUT2D eigenvalue weighted by Gasteiger charge is -2.11. The smallest absolute Gasteiger partial charge is 0.0730 e. The van der Waals surface area contributed by atoms with Crippen LogP contribution in [0.1, 0.15) is 51.4 Å². The van der Waals surface area contributed by atoms with Crippen LogP contribution in [0.15, 0.2) is 50.3 Å². The summed E-state index contributed by atoms with van der Waals surface area (Å²) in [7, 11) is 0. The highest BCUT2D eigenvalue weighted by molar-refractivity contribution is 6.01. The highest BCUT2D eigenvalue weighted by Crippen LogP contribution is 2.30. The first-order valence-electron chi connectivity index (χ1n) is 8.91. The van der Waals surface area contributed by atoms with Gasteiger partial charge in [-0.05, 0) is 69.6 Å². The van der Waals surface area contributed by atoms with E-state index in [1.165, 1.54) is 34.2 Å². The first kappa shape index (κ1) is 15.5. The molecule has 8 bridgehead atoms. The second-order valence-electron chi connectivity index (χ2n) is 7.16. The van der Waals surface area contributed by atoms with Crippen LogP contribution in [0.4, 0.5) is 0 Å². The van der Waals surface area contributed by atoms with E-state index in [0.29, 0.717) is 12.1 Å². The third-order valence-electron chi connectivity index (χ3n) is 5.42. The summed E-state index contributed by atoms with van der Waals surface area (Å²) in [5.41, 5.74) is 7.53. The molecule has 5 heteroatoms. The summed E-state index contributed by atoms with van der Waals surface area (Å²) in [6, 6.07) is 0.778. The van der Waals surface area contributed by atoms with Gasteiger partial charge in [-0.3, -0.25) is 15.0 Å². The minimum Gasteiger partial charge on any atom is -0.412 e. The number of allylic oxidation sites excluding steroid dienone is 6. The summed E-state index contributed by atoms with van der Waals surface area (Å²) >= 11 is 0. The molecule has 5 aliphatic rings. The Kier molecular flexibility index (Phi) is 3.96. The van der Waals surface area contributed by atoms with Crippen LogP contribution in [0.3, 0.4) is 0 Å². The third kappa shape index (κ3) is 2.88. The molecular formula is C19H24N4O. The van der Waals surface area contributed by atoms with Crippen molar-refractivity contribution in [3.63, 3.8) is 0 Å². The van der Waals surface area contributed by atoms with Gasteiger partial charge in [0.1, 0.15) is 0 Å². The van der Waals surface area contributed by atoms with E-state index in [2.05, 4.69) is 23.5 Å². The molecule has 1 saturated heterocycles. The molecule has 5 nitrogen and oxygen atoms in total. The van der Waals surface area contributed by atoms with Gasteiger partial charge in [-0.25, -0.2) is 0 Å². The molecule has 5 aliphatic heterocycles. The number of fused-ring (bicyclic) bond motifs is 6. The second-order valence-corrected chi connectivity index (χ2v) is 7.16. The van der Waals surface area contributed by atoms with Crippen LogP contribution in [0.2, 0.25) is 0 Å². The largest absolute Gasteiger partial charge is 0.412 e. The molecule has 0 aromatic rings. The average Bonchev–Trinajstić information content (AvgIpc) is 3.28. The summed E-state index contributed by atoms with van der Waals surface area (Å²) in [6.45, 7) is 0. The van der Waals surface area contributed by atoms with Crippen LogP contribution in [-0.4, -0.2) is 34.7 Å². The van der Waals surface area contributed by atoms with Gasteiger partial charge in [0, 0.05) is 34.2 Å². The molecule has 0 radical (unpaired) electrons. The summed E-state index contributed by atoms with van der Waals surface area (Å²) in [5.74, 6) is 0. The van der Waals surface area contributed by atoms with Crippen molar-refractivity contribution >= 4 is 17.1 Å². The molecule has 0 spiro atoms. The van der Waals surface area contributed by atoms with Gasteiger partial charge in [0.05, 0.1) is 12.1 Å². The predicted octanol–water partition coefficient (Wildman–Crippen LogP) is 2.65. The van der Waals surface area contributed by atoms with E-state index in [9.17, 15) is 0 Å². The Hall–Kier alpha value is -2.01. The molecule has 0 aromatic carbocycles. The van der Waals surface area contributed by atoms with Crippen molar-refractivity contribution < 1.29 is 5.48 Å². The lowest BCUT2D eigenvalue weighted by atomic mass is 10.0. The molecule has 1 fully saturated rings. The minimum atomic E-state index is 0. The first-order chi connectivity index (χ1) is 11.3. The molecule has 24 heavy (non-hydrogen) atoms. The maximum Gasteiger partial charge on any atom is 0.0730 e. The fraction of sp³-hybridized carbons (Fsp3) is 0.526. The normalized spacial score (nSPS) is 32.8. The zero-order chi connectivity index (χ0) is 15.2. The minimum absolute atomic E-state index is 0. The van der Waals surface area contributed by atoms with Gasteiger partial charge in [0.25, 0.3) is 0 Å². The van der Waals surface area contributed by atoms with Crippen molar-refractivity contribution in [3.05, 3.63) is 35.3 Å². The summed E-state index contributed by atoms with van der Waals surface area (Å²) in [4.78, 5) is 14.7. The van der Waals surface area contributed by atoms with Crippen LogP contribution in [-0.2, 0) is 0 Å². The van der Waals surface area contributed by atoms with Crippen LogP contribution >= 0.6 is 0 Å². The lowest BCUT2D eigenvalue weighted by molar-refractivity contribution is 0.527. The topological polar surface area (TPSA) is 80.6 Å². The quantitative estimate of drug-likeness (QED) is 0.730. The molecule has 0 aromatic heterocycles. The van der Waals surface area contributed by atoms with Gasteiger partial charge in [0.2, 0.25) is 0 Å². The number of nitrogens with one attached hydrogen (secondary N) is 1. The molecule has 2 unspecified atom stereocenters. The number of hydrogen-bond donors (Lipinski definition) is 1. The first-order valence-corrected chi connectivity index (χ1v) is 8.91. The van der Waals surface area contributed by atoms with E-state index in [-0.39, 0.29) is 5.48 Å². The molecular weight excluding hydrogens is 300 g/mol. The maximum absolute atomic E-state index is 4.97. The molecule has 0 aliphatic carbocycles. The van der Waals surface area contributed by atoms with Crippen molar-refractivity contribution in [1.82, 2.24) is 5.32 Å². The fourth-order valence-electron chi connectivity index (χ4n) is 4.22. The Morgan fingerprint density at radius 1 is 0.708 bits per heavy atom. The highest BCUT2D eigenvalue weighted by Gasteiger charge is 2.29. The highest BCUT2D eigenvalue weighted by atomic mass is 16.0. The van der Waals surface area contributed by atoms with Crippen LogP contribution in [0, 0.1) is 0 Å². The van der Waals surface area contributed by atoms with Crippen LogP contribution in [0.25, 0.3) is 0 Å². The van der Waals surface area contributed by atoms with Crippen molar-refractivity contribution in [2.24, 2.45) is 15.0 Å². The predicted molar refractivity (Wildman–Crippen MR) is 97.8 cm³/mol. The number of rotatable bonds is 0. The van der Waals surface area contributed by atoms with Crippen molar-refractivity contribution in [2.75, 3.05) is 0 Å². The van der Waals surface area contributed by atoms with Gasteiger partial charge < -0.3 is 10.8 Å². The SMILES string of the molecule is C1=C2CCC(=CC3=NC(CC3)C3CCC(=N3)/C=C3/CCC1=N3)N2.O. The van der Waals surface area contributed by atoms with Gasteiger partial charge in [-0.15, -0.1) is 0 Å². The Labute approximate surface area is 142 Å². The molecule has 3 N–H and O–H groups in total. The Morgan fingerprint density at radius 3 is 2.04 bits per heavy atom. The number of nitrogens with zero attached hydrogens (tertiary/aromatic N) is 3. The molecule has 2 atom stereocenters. The standard InChI is InChI=1S/C19H22N4.H2O/c1-3-14-10-16-5-7-18(22-16)19-8-6-17(23-19)11-15-4-2-13(21-15)9-12(1)20-14;/h9-11,18-20H,1-8H2;1H2/b12-9?,14-10?,15-11-;. The molecule has 126 valence electrons. The summed E-state index contributed by atoms with van der Waals surface area (Å²) < 4.78 is 0. The maximum atomic E-state index is 4.97. The number of hydrogen-bond acceptors (Lipinski definition) is 4. The molecule has 5 rings (SSSR count). The zero-order valence-corrected chi connectivity index (χ0v) is 13.9. The fourth-order valence-corrected chi connectivity index (χ4v) is 4.22. The van der Waals surface area contributed by atoms with E-state index in [4.69, 9.17) is 15.0 Å². The monoisotopic (exact) mass is 324 g/mol. The van der Waals surface area contributed by atoms with E-state index >= 15 is 0 Å². The number of aliphatic imine (C=N–C) groups is 3. The molecule has 0 saturated carbocycles. The van der Waals surface area contributed by atoms with Gasteiger partial charge in [-0.1, -0.05) is 0 Å². The van der Waals surface area contributed by atoms with E-state index < -0.39 is 0 Å². The van der Waals surface area contributed by atoms with Crippen molar-refractivity contribution in [2.45, 2.75) is 63.5 Å². The lowest BCUT2D eigenvalue weighted by Crippen LogP contribution is -2.17. The van der Waals surface area contributed by atoms with Crippen molar-refractivity contribution in [1.29, 1.82) is 0 Å². The van der Waals surface area contributed by atoms with Crippen LogP contribution < -0.4 is 5.32 Å². The second kappa shape index (κ2) is 6.13. The van der Waals surface area contributed by atoms with E-state index in [0.717, 1.165) is 51.4 Å². The van der Waals surface area contributed by atoms with E-state index in [1.54, 1.807) is 0 Å². The van der Waals surface area contributed by atoms with Gasteiger partial charge in [-0.2, -0.15) is 0 Å². The van der Waals surface area contributed by atoms with Gasteiger partial charge in [0.15, 0.2) is 0 Å². The van der Waals surface area contributed by atoms with Crippen LogP contribution in [0.5, 0.6) is 0 Å². The Balaban J connectivity index is 0.00000146. The zero-order valence-electron chi connectivity index (χ0n) is 13.9. The third-order valence-corrected chi connectivity index (χ3v) is 5.42.